The minimum Gasteiger partial charge on any atom is -0.344 e. The zero-order chi connectivity index (χ0) is 13.8. The molecular weight excluding hydrogens is 238 g/mol. The Balaban J connectivity index is 1.88. The van der Waals surface area contributed by atoms with E-state index in [0.29, 0.717) is 18.0 Å². The van der Waals surface area contributed by atoms with Gasteiger partial charge in [0.1, 0.15) is 0 Å². The molecule has 0 saturated carbocycles. The molecule has 2 rings (SSSR count). The van der Waals surface area contributed by atoms with E-state index in [1.54, 1.807) is 0 Å². The van der Waals surface area contributed by atoms with Crippen LogP contribution in [0.5, 0.6) is 0 Å². The van der Waals surface area contributed by atoms with Crippen LogP contribution in [0.1, 0.15) is 39.5 Å². The van der Waals surface area contributed by atoms with Crippen LogP contribution in [-0.2, 0) is 4.79 Å². The van der Waals surface area contributed by atoms with Gasteiger partial charge in [-0.1, -0.05) is 6.92 Å². The van der Waals surface area contributed by atoms with Crippen molar-refractivity contribution in [3.8, 4) is 0 Å². The number of nitrogens with zero attached hydrogens (tertiary/aromatic N) is 2. The normalized spacial score (nSPS) is 32.5. The molecule has 0 aromatic heterocycles. The molecule has 4 nitrogen and oxygen atoms in total. The SMILES string of the molecule is CCN1CCCC1CN(C)C(=O)C1CCCNC1C. The molecule has 0 aliphatic carbocycles. The summed E-state index contributed by atoms with van der Waals surface area (Å²) in [7, 11) is 1.98. The Bertz CT molecular complexity index is 308. The lowest BCUT2D eigenvalue weighted by atomic mass is 9.90. The van der Waals surface area contributed by atoms with Crippen LogP contribution in [0.15, 0.2) is 0 Å². The molecule has 0 bridgehead atoms. The van der Waals surface area contributed by atoms with Gasteiger partial charge in [0.2, 0.25) is 5.91 Å². The number of hydrogen-bond donors (Lipinski definition) is 1. The van der Waals surface area contributed by atoms with Gasteiger partial charge in [0.15, 0.2) is 0 Å². The monoisotopic (exact) mass is 267 g/mol. The number of carbonyl (C=O) groups is 1. The fourth-order valence-corrected chi connectivity index (χ4v) is 3.59. The molecule has 0 spiro atoms. The standard InChI is InChI=1S/C15H29N3O/c1-4-18-10-6-7-13(18)11-17(3)15(19)14-8-5-9-16-12(14)2/h12-14,16H,4-11H2,1-3H3. The quantitative estimate of drug-likeness (QED) is 0.834. The van der Waals surface area contributed by atoms with Crippen molar-refractivity contribution in [3.05, 3.63) is 0 Å². The topological polar surface area (TPSA) is 35.6 Å². The van der Waals surface area contributed by atoms with E-state index in [4.69, 9.17) is 0 Å². The third-order valence-corrected chi connectivity index (χ3v) is 4.85. The van der Waals surface area contributed by atoms with Gasteiger partial charge in [-0.05, 0) is 52.2 Å². The Hall–Kier alpha value is -0.610. The van der Waals surface area contributed by atoms with Gasteiger partial charge in [-0.25, -0.2) is 0 Å². The molecule has 2 aliphatic rings. The molecule has 3 atom stereocenters. The largest absolute Gasteiger partial charge is 0.344 e. The highest BCUT2D eigenvalue weighted by atomic mass is 16.2. The minimum absolute atomic E-state index is 0.176. The fourth-order valence-electron chi connectivity index (χ4n) is 3.59. The first-order valence-electron chi connectivity index (χ1n) is 7.86. The predicted octanol–water partition coefficient (Wildman–Crippen LogP) is 1.32. The Morgan fingerprint density at radius 3 is 2.84 bits per heavy atom. The maximum Gasteiger partial charge on any atom is 0.227 e. The second kappa shape index (κ2) is 6.71. The van der Waals surface area contributed by atoms with Crippen LogP contribution in [0, 0.1) is 5.92 Å². The van der Waals surface area contributed by atoms with Crippen LogP contribution in [-0.4, -0.2) is 61.0 Å². The van der Waals surface area contributed by atoms with Crippen molar-refractivity contribution < 1.29 is 4.79 Å². The molecule has 1 amide bonds. The molecule has 1 N–H and O–H groups in total. The number of carbonyl (C=O) groups excluding carboxylic acids is 1. The summed E-state index contributed by atoms with van der Waals surface area (Å²) in [6, 6.07) is 0.903. The van der Waals surface area contributed by atoms with Crippen molar-refractivity contribution >= 4 is 5.91 Å². The number of amides is 1. The highest BCUT2D eigenvalue weighted by molar-refractivity contribution is 5.79. The molecule has 19 heavy (non-hydrogen) atoms. The smallest absolute Gasteiger partial charge is 0.227 e. The van der Waals surface area contributed by atoms with E-state index in [-0.39, 0.29) is 5.92 Å². The Labute approximate surface area is 117 Å². The first-order valence-corrected chi connectivity index (χ1v) is 7.86. The molecule has 0 radical (unpaired) electrons. The third-order valence-electron chi connectivity index (χ3n) is 4.85. The molecule has 0 aromatic rings. The lowest BCUT2D eigenvalue weighted by Gasteiger charge is -2.34. The summed E-state index contributed by atoms with van der Waals surface area (Å²) >= 11 is 0. The third kappa shape index (κ3) is 3.48. The van der Waals surface area contributed by atoms with Crippen LogP contribution in [0.3, 0.4) is 0 Å². The van der Waals surface area contributed by atoms with Gasteiger partial charge >= 0.3 is 0 Å². The molecule has 2 fully saturated rings. The average Bonchev–Trinajstić information content (AvgIpc) is 2.85. The first kappa shape index (κ1) is 14.8. The lowest BCUT2D eigenvalue weighted by Crippen LogP contribution is -2.49. The van der Waals surface area contributed by atoms with E-state index < -0.39 is 0 Å². The van der Waals surface area contributed by atoms with Crippen LogP contribution in [0.4, 0.5) is 0 Å². The summed E-state index contributed by atoms with van der Waals surface area (Å²) < 4.78 is 0. The van der Waals surface area contributed by atoms with E-state index in [9.17, 15) is 4.79 Å². The highest BCUT2D eigenvalue weighted by Gasteiger charge is 2.32. The van der Waals surface area contributed by atoms with Gasteiger partial charge in [-0.3, -0.25) is 9.69 Å². The van der Waals surface area contributed by atoms with Crippen LogP contribution in [0.2, 0.25) is 0 Å². The van der Waals surface area contributed by atoms with E-state index in [1.165, 1.54) is 19.4 Å². The maximum absolute atomic E-state index is 12.6. The molecule has 3 unspecified atom stereocenters. The zero-order valence-electron chi connectivity index (χ0n) is 12.7. The summed E-state index contributed by atoms with van der Waals surface area (Å²) in [5, 5.41) is 3.42. The molecule has 2 heterocycles. The number of piperidine rings is 1. The van der Waals surface area contributed by atoms with Gasteiger partial charge in [0.05, 0.1) is 5.92 Å². The lowest BCUT2D eigenvalue weighted by molar-refractivity contribution is -0.136. The van der Waals surface area contributed by atoms with Gasteiger partial charge in [-0.15, -0.1) is 0 Å². The maximum atomic E-state index is 12.6. The average molecular weight is 267 g/mol. The predicted molar refractivity (Wildman–Crippen MR) is 78.1 cm³/mol. The van der Waals surface area contributed by atoms with Crippen molar-refractivity contribution in [2.45, 2.75) is 51.6 Å². The van der Waals surface area contributed by atoms with Gasteiger partial charge < -0.3 is 10.2 Å². The first-order chi connectivity index (χ1) is 9.13. The molecule has 4 heteroatoms. The summed E-state index contributed by atoms with van der Waals surface area (Å²) in [5.41, 5.74) is 0. The molecular formula is C15H29N3O. The van der Waals surface area contributed by atoms with Crippen LogP contribution < -0.4 is 5.32 Å². The molecule has 110 valence electrons. The van der Waals surface area contributed by atoms with Gasteiger partial charge in [0, 0.05) is 25.7 Å². The summed E-state index contributed by atoms with van der Waals surface area (Å²) in [6.07, 6.45) is 4.68. The van der Waals surface area contributed by atoms with Crippen molar-refractivity contribution in [2.75, 3.05) is 33.2 Å². The van der Waals surface area contributed by atoms with Crippen molar-refractivity contribution in [1.29, 1.82) is 0 Å². The van der Waals surface area contributed by atoms with Crippen molar-refractivity contribution in [1.82, 2.24) is 15.1 Å². The van der Waals surface area contributed by atoms with Crippen molar-refractivity contribution in [3.63, 3.8) is 0 Å². The summed E-state index contributed by atoms with van der Waals surface area (Å²) in [5.74, 6) is 0.512. The van der Waals surface area contributed by atoms with Crippen LogP contribution in [0.25, 0.3) is 0 Å². The van der Waals surface area contributed by atoms with E-state index >= 15 is 0 Å². The molecule has 2 aliphatic heterocycles. The van der Waals surface area contributed by atoms with Crippen LogP contribution >= 0.6 is 0 Å². The Kier molecular flexibility index (Phi) is 5.22. The molecule has 0 aromatic carbocycles. The number of nitrogens with one attached hydrogen (secondary N) is 1. The Morgan fingerprint density at radius 1 is 1.37 bits per heavy atom. The number of hydrogen-bond acceptors (Lipinski definition) is 3. The number of likely N-dealkylation sites (N-methyl/N-ethyl adjacent to an activating group) is 2. The van der Waals surface area contributed by atoms with Gasteiger partial charge in [-0.2, -0.15) is 0 Å². The number of rotatable bonds is 4. The van der Waals surface area contributed by atoms with Crippen molar-refractivity contribution in [2.24, 2.45) is 5.92 Å². The fraction of sp³-hybridized carbons (Fsp3) is 0.933. The highest BCUT2D eigenvalue weighted by Crippen LogP contribution is 2.21. The zero-order valence-corrected chi connectivity index (χ0v) is 12.7. The number of likely N-dealkylation sites (tertiary alicyclic amines) is 1. The summed E-state index contributed by atoms with van der Waals surface area (Å²) in [4.78, 5) is 17.0. The van der Waals surface area contributed by atoms with E-state index in [1.807, 2.05) is 11.9 Å². The van der Waals surface area contributed by atoms with E-state index in [0.717, 1.165) is 32.5 Å². The van der Waals surface area contributed by atoms with E-state index in [2.05, 4.69) is 24.1 Å². The summed E-state index contributed by atoms with van der Waals surface area (Å²) in [6.45, 7) is 8.62. The second-order valence-corrected chi connectivity index (χ2v) is 6.13. The minimum atomic E-state index is 0.176. The van der Waals surface area contributed by atoms with Gasteiger partial charge in [0.25, 0.3) is 0 Å². The molecule has 2 saturated heterocycles. The second-order valence-electron chi connectivity index (χ2n) is 6.13. The Morgan fingerprint density at radius 2 is 2.16 bits per heavy atom.